The number of rotatable bonds is 4. The lowest BCUT2D eigenvalue weighted by atomic mass is 9.58. The van der Waals surface area contributed by atoms with Gasteiger partial charge in [-0.05, 0) is 56.1 Å². The smallest absolute Gasteiger partial charge is 0.255 e. The van der Waals surface area contributed by atoms with Crippen molar-refractivity contribution in [2.45, 2.75) is 24.5 Å². The highest BCUT2D eigenvalue weighted by Gasteiger charge is 2.63. The molecule has 1 heterocycles. The van der Waals surface area contributed by atoms with E-state index < -0.39 is 58.0 Å². The zero-order chi connectivity index (χ0) is 27.7. The third-order valence-electron chi connectivity index (χ3n) is 7.90. The SMILES string of the molecule is COc1ccncc1-c1ccc(O)c2c1C[C@H]1C[C@H]3[C@H](N(C)C)C(O)=C(C(N)=O)C(=O)[C@@]3(O)C(O)=C1C2=O. The van der Waals surface area contributed by atoms with Crippen molar-refractivity contribution in [2.24, 2.45) is 17.6 Å². The van der Waals surface area contributed by atoms with Crippen LogP contribution in [0.15, 0.2) is 53.3 Å². The Bertz CT molecular complexity index is 1480. The lowest BCUT2D eigenvalue weighted by Gasteiger charge is -2.50. The molecular weight excluding hydrogens is 494 g/mol. The molecule has 4 atom stereocenters. The highest BCUT2D eigenvalue weighted by Crippen LogP contribution is 2.53. The molecule has 0 spiro atoms. The van der Waals surface area contributed by atoms with Crippen molar-refractivity contribution in [1.29, 1.82) is 0 Å². The topological polar surface area (TPSA) is 184 Å². The number of phenols is 1. The summed E-state index contributed by atoms with van der Waals surface area (Å²) in [6, 6.07) is 3.60. The number of nitrogens with two attached hydrogens (primary N) is 1. The predicted molar refractivity (Wildman–Crippen MR) is 133 cm³/mol. The molecule has 1 amide bonds. The van der Waals surface area contributed by atoms with E-state index in [4.69, 9.17) is 10.5 Å². The molecule has 11 nitrogen and oxygen atoms in total. The number of aromatic nitrogens is 1. The molecule has 198 valence electrons. The maximum atomic E-state index is 13.8. The Morgan fingerprint density at radius 2 is 1.87 bits per heavy atom. The minimum atomic E-state index is -2.68. The van der Waals surface area contributed by atoms with Crippen LogP contribution in [0.2, 0.25) is 0 Å². The maximum Gasteiger partial charge on any atom is 0.255 e. The van der Waals surface area contributed by atoms with Crippen LogP contribution in [-0.4, -0.2) is 80.6 Å². The van der Waals surface area contributed by atoms with Gasteiger partial charge in [-0.3, -0.25) is 24.3 Å². The number of aliphatic hydroxyl groups excluding tert-OH is 2. The maximum absolute atomic E-state index is 13.8. The largest absolute Gasteiger partial charge is 0.510 e. The van der Waals surface area contributed by atoms with Gasteiger partial charge >= 0.3 is 0 Å². The first-order chi connectivity index (χ1) is 17.9. The summed E-state index contributed by atoms with van der Waals surface area (Å²) in [7, 11) is 4.66. The summed E-state index contributed by atoms with van der Waals surface area (Å²) in [5.41, 5.74) is 3.23. The number of Topliss-reactive ketones (excluding diaryl/α,β-unsaturated/α-hetero) is 2. The number of aromatic hydroxyl groups is 1. The third-order valence-corrected chi connectivity index (χ3v) is 7.90. The summed E-state index contributed by atoms with van der Waals surface area (Å²) < 4.78 is 5.47. The van der Waals surface area contributed by atoms with Crippen LogP contribution < -0.4 is 10.5 Å². The molecule has 6 N–H and O–H groups in total. The Morgan fingerprint density at radius 3 is 2.50 bits per heavy atom. The van der Waals surface area contributed by atoms with E-state index in [1.165, 1.54) is 18.1 Å². The molecule has 3 aliphatic carbocycles. The zero-order valence-electron chi connectivity index (χ0n) is 20.9. The predicted octanol–water partition coefficient (Wildman–Crippen LogP) is 1.19. The van der Waals surface area contributed by atoms with Crippen molar-refractivity contribution in [3.63, 3.8) is 0 Å². The number of methoxy groups -OCH3 is 1. The molecule has 0 unspecified atom stereocenters. The number of fused-ring (bicyclic) bond motifs is 3. The fraction of sp³-hybridized carbons (Fsp3) is 0.333. The fourth-order valence-corrected chi connectivity index (χ4v) is 6.26. The van der Waals surface area contributed by atoms with Gasteiger partial charge < -0.3 is 30.9 Å². The average Bonchev–Trinajstić information content (AvgIpc) is 2.86. The number of carbonyl (C=O) groups is 3. The van der Waals surface area contributed by atoms with Gasteiger partial charge in [-0.25, -0.2) is 0 Å². The van der Waals surface area contributed by atoms with E-state index in [2.05, 4.69) is 4.98 Å². The fourth-order valence-electron chi connectivity index (χ4n) is 6.26. The summed E-state index contributed by atoms with van der Waals surface area (Å²) in [6.45, 7) is 0. The van der Waals surface area contributed by atoms with Crippen LogP contribution in [0.25, 0.3) is 11.1 Å². The van der Waals surface area contributed by atoms with Gasteiger partial charge in [0.05, 0.1) is 18.7 Å². The molecule has 0 radical (unpaired) electrons. The standard InChI is InChI=1S/C27H27N3O8/c1-30(2)21-15-9-11-8-13-12(14-10-29-7-6-17(14)38-3)4-5-16(31)19(13)22(32)18(11)24(34)27(15,37)25(35)20(23(21)33)26(28)36/h4-7,10-11,15,21,31,33-34,37H,8-9H2,1-3H3,(H2,28,36)/t11-,15-,21-,27-/m0/s1. The molecule has 0 saturated carbocycles. The van der Waals surface area contributed by atoms with E-state index in [0.717, 1.165) is 0 Å². The number of ether oxygens (including phenoxy) is 1. The monoisotopic (exact) mass is 521 g/mol. The molecule has 0 saturated heterocycles. The van der Waals surface area contributed by atoms with Gasteiger partial charge in [-0.15, -0.1) is 0 Å². The van der Waals surface area contributed by atoms with Crippen LogP contribution >= 0.6 is 0 Å². The Balaban J connectivity index is 1.74. The number of benzene rings is 1. The molecule has 38 heavy (non-hydrogen) atoms. The molecule has 0 bridgehead atoms. The third kappa shape index (κ3) is 3.28. The Kier molecular flexibility index (Phi) is 5.80. The van der Waals surface area contributed by atoms with E-state index >= 15 is 0 Å². The first-order valence-electron chi connectivity index (χ1n) is 11.9. The van der Waals surface area contributed by atoms with Crippen molar-refractivity contribution in [3.8, 4) is 22.6 Å². The molecule has 1 aromatic heterocycles. The van der Waals surface area contributed by atoms with Crippen LogP contribution in [-0.2, 0) is 16.0 Å². The highest BCUT2D eigenvalue weighted by molar-refractivity contribution is 6.24. The molecule has 0 fully saturated rings. The number of aliphatic hydroxyl groups is 3. The lowest BCUT2D eigenvalue weighted by molar-refractivity contribution is -0.148. The number of carbonyl (C=O) groups excluding carboxylic acids is 3. The van der Waals surface area contributed by atoms with Crippen molar-refractivity contribution >= 4 is 17.5 Å². The average molecular weight is 522 g/mol. The molecule has 2 aromatic rings. The van der Waals surface area contributed by atoms with Crippen molar-refractivity contribution in [3.05, 3.63) is 64.4 Å². The molecule has 5 rings (SSSR count). The first kappa shape index (κ1) is 25.4. The van der Waals surface area contributed by atoms with Gasteiger partial charge in [0.25, 0.3) is 5.91 Å². The molecule has 3 aliphatic rings. The molecule has 0 aliphatic heterocycles. The summed E-state index contributed by atoms with van der Waals surface area (Å²) >= 11 is 0. The zero-order valence-corrected chi connectivity index (χ0v) is 20.9. The summed E-state index contributed by atoms with van der Waals surface area (Å²) in [5, 5.41) is 44.6. The van der Waals surface area contributed by atoms with Crippen molar-refractivity contribution < 1.29 is 39.5 Å². The Morgan fingerprint density at radius 1 is 1.16 bits per heavy atom. The van der Waals surface area contributed by atoms with Gasteiger partial charge in [-0.1, -0.05) is 6.07 Å². The van der Waals surface area contributed by atoms with Crippen LogP contribution in [0.4, 0.5) is 0 Å². The van der Waals surface area contributed by atoms with E-state index in [9.17, 15) is 34.8 Å². The van der Waals surface area contributed by atoms with Gasteiger partial charge in [0.15, 0.2) is 11.4 Å². The van der Waals surface area contributed by atoms with E-state index in [1.807, 2.05) is 0 Å². The lowest BCUT2D eigenvalue weighted by Crippen LogP contribution is -2.63. The van der Waals surface area contributed by atoms with E-state index in [1.54, 1.807) is 38.6 Å². The Hall–Kier alpha value is -4.22. The highest BCUT2D eigenvalue weighted by atomic mass is 16.5. The molecule has 1 aromatic carbocycles. The van der Waals surface area contributed by atoms with Crippen LogP contribution in [0.1, 0.15) is 22.3 Å². The van der Waals surface area contributed by atoms with Gasteiger partial charge in [0, 0.05) is 29.4 Å². The second-order valence-electron chi connectivity index (χ2n) is 10.0. The normalized spacial score (nSPS) is 26.7. The van der Waals surface area contributed by atoms with Crippen molar-refractivity contribution in [1.82, 2.24) is 9.88 Å². The number of ketones is 2. The number of hydrogen-bond acceptors (Lipinski definition) is 10. The number of hydrogen-bond donors (Lipinski definition) is 5. The number of nitrogens with zero attached hydrogens (tertiary/aromatic N) is 2. The second kappa shape index (κ2) is 8.67. The minimum absolute atomic E-state index is 0.00499. The van der Waals surface area contributed by atoms with Gasteiger partial charge in [0.1, 0.15) is 28.6 Å². The van der Waals surface area contributed by atoms with Crippen LogP contribution in [0.3, 0.4) is 0 Å². The number of phenolic OH excluding ortho intramolecular Hbond substituents is 1. The van der Waals surface area contributed by atoms with Crippen LogP contribution in [0.5, 0.6) is 11.5 Å². The number of pyridine rings is 1. The molecule has 11 heteroatoms. The first-order valence-corrected chi connectivity index (χ1v) is 11.9. The summed E-state index contributed by atoms with van der Waals surface area (Å²) in [5.74, 6) is -6.41. The Labute approximate surface area is 217 Å². The van der Waals surface area contributed by atoms with E-state index in [-0.39, 0.29) is 29.7 Å². The molecular formula is C27H27N3O8. The van der Waals surface area contributed by atoms with E-state index in [0.29, 0.717) is 22.4 Å². The number of allylic oxidation sites excluding steroid dienone is 1. The summed E-state index contributed by atoms with van der Waals surface area (Å²) in [6.07, 6.45) is 3.30. The van der Waals surface area contributed by atoms with Gasteiger partial charge in [0.2, 0.25) is 5.78 Å². The summed E-state index contributed by atoms with van der Waals surface area (Å²) in [4.78, 5) is 44.9. The number of primary amides is 1. The second-order valence-corrected chi connectivity index (χ2v) is 10.0. The number of likely N-dealkylation sites (N-methyl/N-ethyl adjacent to an activating group) is 1. The number of amides is 1. The quantitative estimate of drug-likeness (QED) is 0.366. The minimum Gasteiger partial charge on any atom is -0.510 e. The van der Waals surface area contributed by atoms with Gasteiger partial charge in [-0.2, -0.15) is 0 Å². The van der Waals surface area contributed by atoms with Crippen molar-refractivity contribution in [2.75, 3.05) is 21.2 Å². The van der Waals surface area contributed by atoms with Crippen LogP contribution in [0, 0.1) is 11.8 Å².